The second kappa shape index (κ2) is 14.2. The van der Waals surface area contributed by atoms with Gasteiger partial charge in [0.1, 0.15) is 6.23 Å². The molecule has 0 fully saturated rings. The van der Waals surface area contributed by atoms with Gasteiger partial charge in [0.2, 0.25) is 10.0 Å². The van der Waals surface area contributed by atoms with Gasteiger partial charge < -0.3 is 5.11 Å². The van der Waals surface area contributed by atoms with Crippen molar-refractivity contribution in [1.29, 1.82) is 0 Å². The topological polar surface area (TPSA) is 66.4 Å². The van der Waals surface area contributed by atoms with E-state index < -0.39 is 21.5 Å². The summed E-state index contributed by atoms with van der Waals surface area (Å²) in [6, 6.07) is 0. The summed E-state index contributed by atoms with van der Waals surface area (Å²) in [6.07, 6.45) is 12.7. The molecule has 0 rings (SSSR count). The fraction of sp³-hybridized carbons (Fsp3) is 1.00. The fourth-order valence-electron chi connectivity index (χ4n) is 2.67. The van der Waals surface area contributed by atoms with Crippen molar-refractivity contribution in [2.75, 3.05) is 0 Å². The number of hydrogen-bond donors (Lipinski definition) is 2. The van der Waals surface area contributed by atoms with E-state index in [1.807, 2.05) is 0 Å². The smallest absolute Gasteiger partial charge is 0.216 e. The van der Waals surface area contributed by atoms with Crippen LogP contribution in [0.5, 0.6) is 0 Å². The Morgan fingerprint density at radius 1 is 0.783 bits per heavy atom. The van der Waals surface area contributed by atoms with E-state index in [9.17, 15) is 13.5 Å². The highest BCUT2D eigenvalue weighted by molar-refractivity contribution is 7.90. The Hall–Kier alpha value is -0.130. The minimum Gasteiger partial charge on any atom is -0.378 e. The molecule has 0 radical (unpaired) electrons. The van der Waals surface area contributed by atoms with Gasteiger partial charge in [0.25, 0.3) is 0 Å². The first-order valence-corrected chi connectivity index (χ1v) is 11.2. The largest absolute Gasteiger partial charge is 0.378 e. The highest BCUT2D eigenvalue weighted by Crippen LogP contribution is 2.14. The average Bonchev–Trinajstić information content (AvgIpc) is 2.49. The van der Waals surface area contributed by atoms with Gasteiger partial charge in [-0.25, -0.2) is 8.42 Å². The van der Waals surface area contributed by atoms with Crippen LogP contribution in [0.4, 0.5) is 0 Å². The summed E-state index contributed by atoms with van der Waals surface area (Å²) in [6.45, 7) is 6.09. The first-order chi connectivity index (χ1) is 10.9. The van der Waals surface area contributed by atoms with E-state index in [-0.39, 0.29) is 0 Å². The molecule has 2 unspecified atom stereocenters. The van der Waals surface area contributed by atoms with Crippen LogP contribution in [0, 0.1) is 0 Å². The fourth-order valence-corrected chi connectivity index (χ4v) is 3.88. The number of rotatable bonds is 16. The van der Waals surface area contributed by atoms with Crippen LogP contribution >= 0.6 is 0 Å². The molecule has 5 heteroatoms. The zero-order valence-corrected chi connectivity index (χ0v) is 16.3. The van der Waals surface area contributed by atoms with Gasteiger partial charge in [-0.3, -0.25) is 0 Å². The highest BCUT2D eigenvalue weighted by Gasteiger charge is 2.22. The van der Waals surface area contributed by atoms with E-state index >= 15 is 0 Å². The van der Waals surface area contributed by atoms with Gasteiger partial charge in [-0.1, -0.05) is 78.1 Å². The van der Waals surface area contributed by atoms with Gasteiger partial charge in [0, 0.05) is 0 Å². The van der Waals surface area contributed by atoms with E-state index in [1.54, 1.807) is 6.92 Å². The first-order valence-electron chi connectivity index (χ1n) is 9.63. The van der Waals surface area contributed by atoms with Crippen molar-refractivity contribution in [2.24, 2.45) is 0 Å². The monoisotopic (exact) mass is 349 g/mol. The van der Waals surface area contributed by atoms with E-state index in [0.717, 1.165) is 32.1 Å². The summed E-state index contributed by atoms with van der Waals surface area (Å²) in [5.41, 5.74) is 0. The molecular weight excluding hydrogens is 310 g/mol. The molecule has 0 aromatic rings. The quantitative estimate of drug-likeness (QED) is 0.313. The van der Waals surface area contributed by atoms with Crippen LogP contribution < -0.4 is 4.72 Å². The molecule has 0 saturated heterocycles. The number of unbranched alkanes of at least 4 members (excludes halogenated alkanes) is 9. The van der Waals surface area contributed by atoms with Crippen molar-refractivity contribution in [3.8, 4) is 0 Å². The lowest BCUT2D eigenvalue weighted by atomic mass is 10.1. The second-order valence-corrected chi connectivity index (χ2v) is 8.88. The van der Waals surface area contributed by atoms with E-state index in [2.05, 4.69) is 18.6 Å². The molecule has 0 aromatic heterocycles. The Morgan fingerprint density at radius 3 is 1.74 bits per heavy atom. The molecule has 0 aromatic carbocycles. The Bertz CT molecular complexity index is 357. The van der Waals surface area contributed by atoms with Crippen molar-refractivity contribution in [1.82, 2.24) is 4.72 Å². The molecule has 0 aliphatic heterocycles. The summed E-state index contributed by atoms with van der Waals surface area (Å²) in [4.78, 5) is 0. The minimum absolute atomic E-state index is 0.427. The van der Waals surface area contributed by atoms with Crippen molar-refractivity contribution in [3.05, 3.63) is 0 Å². The maximum Gasteiger partial charge on any atom is 0.216 e. The predicted octanol–water partition coefficient (Wildman–Crippen LogP) is 4.72. The van der Waals surface area contributed by atoms with Crippen LogP contribution in [0.3, 0.4) is 0 Å². The summed E-state index contributed by atoms with van der Waals surface area (Å²) in [7, 11) is -3.40. The molecular formula is C18H39NO3S. The molecule has 0 spiro atoms. The molecule has 0 aliphatic rings. The highest BCUT2D eigenvalue weighted by atomic mass is 32.2. The number of nitrogens with one attached hydrogen (secondary N) is 1. The lowest BCUT2D eigenvalue weighted by molar-refractivity contribution is 0.149. The third-order valence-corrected chi connectivity index (χ3v) is 6.27. The molecule has 0 bridgehead atoms. The number of aliphatic hydroxyl groups is 1. The standard InChI is InChI=1S/C18H39NO3S/c1-4-6-8-10-12-13-15-17(3)23(21,22)19-18(20)16-14-11-9-7-5-2/h17-20H,4-16H2,1-3H3. The molecule has 2 atom stereocenters. The zero-order valence-electron chi connectivity index (χ0n) is 15.5. The molecule has 23 heavy (non-hydrogen) atoms. The van der Waals surface area contributed by atoms with Crippen LogP contribution in [-0.2, 0) is 10.0 Å². The van der Waals surface area contributed by atoms with Gasteiger partial charge in [-0.05, 0) is 26.2 Å². The molecule has 140 valence electrons. The summed E-state index contributed by atoms with van der Waals surface area (Å²) >= 11 is 0. The van der Waals surface area contributed by atoms with Crippen molar-refractivity contribution in [2.45, 2.75) is 116 Å². The van der Waals surface area contributed by atoms with Crippen molar-refractivity contribution in [3.63, 3.8) is 0 Å². The second-order valence-electron chi connectivity index (χ2n) is 6.75. The van der Waals surface area contributed by atoms with E-state index in [1.165, 1.54) is 38.5 Å². The SMILES string of the molecule is CCCCCCCCC(C)S(=O)(=O)NC(O)CCCCCCC. The Morgan fingerprint density at radius 2 is 1.22 bits per heavy atom. The van der Waals surface area contributed by atoms with Crippen LogP contribution in [0.25, 0.3) is 0 Å². The van der Waals surface area contributed by atoms with Crippen LogP contribution in [0.1, 0.15) is 104 Å². The zero-order chi connectivity index (χ0) is 17.6. The third-order valence-electron chi connectivity index (χ3n) is 4.38. The molecule has 0 saturated carbocycles. The normalized spacial score (nSPS) is 14.8. The predicted molar refractivity (Wildman–Crippen MR) is 98.9 cm³/mol. The maximum atomic E-state index is 12.2. The Labute approximate surface area is 144 Å². The molecule has 0 amide bonds. The van der Waals surface area contributed by atoms with Crippen LogP contribution in [-0.4, -0.2) is 25.0 Å². The Balaban J connectivity index is 3.86. The summed E-state index contributed by atoms with van der Waals surface area (Å²) in [5.74, 6) is 0. The van der Waals surface area contributed by atoms with E-state index in [4.69, 9.17) is 0 Å². The Kier molecular flexibility index (Phi) is 14.2. The lowest BCUT2D eigenvalue weighted by Gasteiger charge is -2.17. The average molecular weight is 350 g/mol. The van der Waals surface area contributed by atoms with Crippen molar-refractivity contribution >= 4 is 10.0 Å². The minimum atomic E-state index is -3.40. The number of aliphatic hydroxyl groups excluding tert-OH is 1. The summed E-state index contributed by atoms with van der Waals surface area (Å²) in [5, 5.41) is 9.44. The third kappa shape index (κ3) is 12.9. The van der Waals surface area contributed by atoms with Gasteiger partial charge in [0.15, 0.2) is 0 Å². The van der Waals surface area contributed by atoms with Gasteiger partial charge >= 0.3 is 0 Å². The van der Waals surface area contributed by atoms with Gasteiger partial charge in [-0.2, -0.15) is 4.72 Å². The molecule has 2 N–H and O–H groups in total. The summed E-state index contributed by atoms with van der Waals surface area (Å²) < 4.78 is 26.8. The van der Waals surface area contributed by atoms with Crippen LogP contribution in [0.15, 0.2) is 0 Å². The van der Waals surface area contributed by atoms with E-state index in [0.29, 0.717) is 12.8 Å². The maximum absolute atomic E-state index is 12.2. The molecule has 0 aliphatic carbocycles. The van der Waals surface area contributed by atoms with Gasteiger partial charge in [-0.15, -0.1) is 0 Å². The van der Waals surface area contributed by atoms with Crippen molar-refractivity contribution < 1.29 is 13.5 Å². The molecule has 4 nitrogen and oxygen atoms in total. The van der Waals surface area contributed by atoms with Gasteiger partial charge in [0.05, 0.1) is 5.25 Å². The lowest BCUT2D eigenvalue weighted by Crippen LogP contribution is -2.39. The number of hydrogen-bond acceptors (Lipinski definition) is 3. The number of sulfonamides is 1. The first kappa shape index (κ1) is 22.9. The van der Waals surface area contributed by atoms with Crippen LogP contribution in [0.2, 0.25) is 0 Å². The molecule has 0 heterocycles.